The summed E-state index contributed by atoms with van der Waals surface area (Å²) in [5.74, 6) is 0.323. The van der Waals surface area contributed by atoms with Crippen LogP contribution in [0.2, 0.25) is 0 Å². The number of hydrogen-bond donors (Lipinski definition) is 1. The Morgan fingerprint density at radius 3 is 2.46 bits per heavy atom. The van der Waals surface area contributed by atoms with Crippen molar-refractivity contribution in [2.75, 3.05) is 13.7 Å². The van der Waals surface area contributed by atoms with Gasteiger partial charge < -0.3 is 15.0 Å². The summed E-state index contributed by atoms with van der Waals surface area (Å²) in [6, 6.07) is 4.57. The molecule has 0 amide bonds. The molecule has 0 aliphatic heterocycles. The molecular formula is C22H29BrN4O. The molecule has 0 radical (unpaired) electrons. The highest BCUT2D eigenvalue weighted by molar-refractivity contribution is 9.10. The summed E-state index contributed by atoms with van der Waals surface area (Å²) < 4.78 is 8.59. The largest absolute Gasteiger partial charge is 0.383 e. The first-order valence-corrected chi connectivity index (χ1v) is 10.4. The van der Waals surface area contributed by atoms with Crippen molar-refractivity contribution in [2.24, 2.45) is 5.73 Å². The van der Waals surface area contributed by atoms with Crippen LogP contribution in [0, 0.1) is 13.8 Å². The smallest absolute Gasteiger partial charge is 0.0917 e. The predicted molar refractivity (Wildman–Crippen MR) is 119 cm³/mol. The SMILES string of the molecule is COC[C@H](C)n1cc(C)c2nc(-c3cc(Br)c(C(C)C)nc3CN)c(C)cc21. The third-order valence-corrected chi connectivity index (χ3v) is 5.77. The number of nitrogens with zero attached hydrogens (tertiary/aromatic N) is 3. The lowest BCUT2D eigenvalue weighted by atomic mass is 10.0. The summed E-state index contributed by atoms with van der Waals surface area (Å²) in [6.07, 6.45) is 2.16. The molecular weight excluding hydrogens is 416 g/mol. The second kappa shape index (κ2) is 8.31. The van der Waals surface area contributed by atoms with Gasteiger partial charge in [0, 0.05) is 29.9 Å². The van der Waals surface area contributed by atoms with E-state index in [1.165, 1.54) is 0 Å². The van der Waals surface area contributed by atoms with Crippen molar-refractivity contribution in [3.05, 3.63) is 45.3 Å². The second-order valence-electron chi connectivity index (χ2n) is 7.75. The molecule has 1 atom stereocenters. The van der Waals surface area contributed by atoms with Crippen LogP contribution in [-0.2, 0) is 11.3 Å². The average molecular weight is 445 g/mol. The van der Waals surface area contributed by atoms with E-state index in [0.717, 1.165) is 49.3 Å². The van der Waals surface area contributed by atoms with E-state index in [2.05, 4.69) is 73.4 Å². The fourth-order valence-corrected chi connectivity index (χ4v) is 4.47. The fourth-order valence-electron chi connectivity index (χ4n) is 3.69. The summed E-state index contributed by atoms with van der Waals surface area (Å²) in [6.45, 7) is 11.7. The van der Waals surface area contributed by atoms with Crippen LogP contribution < -0.4 is 5.73 Å². The van der Waals surface area contributed by atoms with Gasteiger partial charge in [-0.3, -0.25) is 4.98 Å². The minimum atomic E-state index is 0.244. The van der Waals surface area contributed by atoms with Gasteiger partial charge in [-0.25, -0.2) is 4.98 Å². The van der Waals surface area contributed by atoms with E-state index in [9.17, 15) is 0 Å². The van der Waals surface area contributed by atoms with Gasteiger partial charge in [0.2, 0.25) is 0 Å². The maximum absolute atomic E-state index is 6.05. The van der Waals surface area contributed by atoms with Crippen molar-refractivity contribution in [3.63, 3.8) is 0 Å². The van der Waals surface area contributed by atoms with Crippen LogP contribution >= 0.6 is 15.9 Å². The Hall–Kier alpha value is -1.76. The molecule has 0 aromatic carbocycles. The van der Waals surface area contributed by atoms with Gasteiger partial charge in [-0.05, 0) is 65.9 Å². The Morgan fingerprint density at radius 2 is 1.86 bits per heavy atom. The van der Waals surface area contributed by atoms with Gasteiger partial charge in [-0.1, -0.05) is 13.8 Å². The number of nitrogens with two attached hydrogens (primary N) is 1. The molecule has 0 aliphatic carbocycles. The molecule has 0 fully saturated rings. The van der Waals surface area contributed by atoms with Crippen LogP contribution in [-0.4, -0.2) is 28.3 Å². The van der Waals surface area contributed by atoms with Crippen LogP contribution in [0.15, 0.2) is 22.8 Å². The zero-order valence-corrected chi connectivity index (χ0v) is 19.1. The van der Waals surface area contributed by atoms with Gasteiger partial charge in [0.1, 0.15) is 0 Å². The summed E-state index contributed by atoms with van der Waals surface area (Å²) in [7, 11) is 1.73. The van der Waals surface area contributed by atoms with Crippen LogP contribution in [0.1, 0.15) is 55.2 Å². The van der Waals surface area contributed by atoms with Gasteiger partial charge in [-0.15, -0.1) is 0 Å². The average Bonchev–Trinajstić information content (AvgIpc) is 2.96. The lowest BCUT2D eigenvalue weighted by Crippen LogP contribution is -2.10. The van der Waals surface area contributed by atoms with Crippen LogP contribution in [0.5, 0.6) is 0 Å². The second-order valence-corrected chi connectivity index (χ2v) is 8.61. The number of methoxy groups -OCH3 is 1. The molecule has 3 rings (SSSR count). The van der Waals surface area contributed by atoms with E-state index in [-0.39, 0.29) is 6.04 Å². The van der Waals surface area contributed by atoms with Crippen molar-refractivity contribution in [1.82, 2.24) is 14.5 Å². The quantitative estimate of drug-likeness (QED) is 0.562. The minimum Gasteiger partial charge on any atom is -0.383 e. The van der Waals surface area contributed by atoms with Crippen LogP contribution in [0.25, 0.3) is 22.3 Å². The standard InChI is InChI=1S/C22H29BrN4O/c1-12(2)20-17(23)8-16(18(9-24)25-20)21-13(3)7-19-22(26-21)14(4)10-27(19)15(5)11-28-6/h7-8,10,12,15H,9,11,24H2,1-6H3/t15-/m0/s1. The van der Waals surface area contributed by atoms with Crippen LogP contribution in [0.4, 0.5) is 0 Å². The lowest BCUT2D eigenvalue weighted by Gasteiger charge is -2.17. The van der Waals surface area contributed by atoms with Crippen molar-refractivity contribution >= 4 is 27.0 Å². The predicted octanol–water partition coefficient (Wildman–Crippen LogP) is 5.27. The molecule has 3 aromatic rings. The lowest BCUT2D eigenvalue weighted by molar-refractivity contribution is 0.164. The Morgan fingerprint density at radius 1 is 1.14 bits per heavy atom. The van der Waals surface area contributed by atoms with E-state index in [1.54, 1.807) is 7.11 Å². The molecule has 0 saturated heterocycles. The first-order valence-electron chi connectivity index (χ1n) is 9.65. The molecule has 2 N–H and O–H groups in total. The number of halogens is 1. The molecule has 0 saturated carbocycles. The first-order chi connectivity index (χ1) is 13.3. The Labute approximate surface area is 175 Å². The van der Waals surface area contributed by atoms with Gasteiger partial charge in [-0.2, -0.15) is 0 Å². The third-order valence-electron chi connectivity index (χ3n) is 5.14. The molecule has 0 spiro atoms. The molecule has 3 heterocycles. The molecule has 3 aromatic heterocycles. The van der Waals surface area contributed by atoms with E-state index >= 15 is 0 Å². The molecule has 0 aliphatic rings. The Kier molecular flexibility index (Phi) is 6.22. The fraction of sp³-hybridized carbons (Fsp3) is 0.455. The monoisotopic (exact) mass is 444 g/mol. The zero-order valence-electron chi connectivity index (χ0n) is 17.5. The molecule has 6 heteroatoms. The van der Waals surface area contributed by atoms with Crippen LogP contribution in [0.3, 0.4) is 0 Å². The van der Waals surface area contributed by atoms with Gasteiger partial charge >= 0.3 is 0 Å². The summed E-state index contributed by atoms with van der Waals surface area (Å²) in [5.41, 5.74) is 14.3. The number of pyridine rings is 2. The van der Waals surface area contributed by atoms with E-state index in [1.807, 2.05) is 0 Å². The highest BCUT2D eigenvalue weighted by Crippen LogP contribution is 2.34. The molecule has 28 heavy (non-hydrogen) atoms. The number of fused-ring (bicyclic) bond motifs is 1. The molecule has 5 nitrogen and oxygen atoms in total. The first kappa shape index (κ1) is 21.0. The van der Waals surface area contributed by atoms with Gasteiger partial charge in [0.05, 0.1) is 40.8 Å². The topological polar surface area (TPSA) is 66.0 Å². The van der Waals surface area contributed by atoms with E-state index in [4.69, 9.17) is 20.4 Å². The number of rotatable bonds is 6. The molecule has 0 unspecified atom stereocenters. The van der Waals surface area contributed by atoms with E-state index < -0.39 is 0 Å². The molecule has 0 bridgehead atoms. The van der Waals surface area contributed by atoms with E-state index in [0.29, 0.717) is 19.1 Å². The van der Waals surface area contributed by atoms with Crippen molar-refractivity contribution in [2.45, 2.75) is 53.1 Å². The highest BCUT2D eigenvalue weighted by atomic mass is 79.9. The van der Waals surface area contributed by atoms with Gasteiger partial charge in [0.15, 0.2) is 0 Å². The molecule has 150 valence electrons. The summed E-state index contributed by atoms with van der Waals surface area (Å²) in [4.78, 5) is 9.89. The Balaban J connectivity index is 2.21. The van der Waals surface area contributed by atoms with Gasteiger partial charge in [0.25, 0.3) is 0 Å². The van der Waals surface area contributed by atoms with Crippen molar-refractivity contribution in [1.29, 1.82) is 0 Å². The minimum absolute atomic E-state index is 0.244. The normalized spacial score (nSPS) is 12.9. The maximum Gasteiger partial charge on any atom is 0.0917 e. The maximum atomic E-state index is 6.05. The third kappa shape index (κ3) is 3.73. The van der Waals surface area contributed by atoms with Crippen molar-refractivity contribution in [3.8, 4) is 11.3 Å². The Bertz CT molecular complexity index is 1010. The summed E-state index contributed by atoms with van der Waals surface area (Å²) in [5, 5.41) is 0. The van der Waals surface area contributed by atoms with Crippen molar-refractivity contribution < 1.29 is 4.74 Å². The summed E-state index contributed by atoms with van der Waals surface area (Å²) >= 11 is 3.69. The zero-order chi connectivity index (χ0) is 20.6. The number of aromatic nitrogens is 3. The highest BCUT2D eigenvalue weighted by Gasteiger charge is 2.19. The number of ether oxygens (including phenoxy) is 1. The number of hydrogen-bond acceptors (Lipinski definition) is 4. The number of aryl methyl sites for hydroxylation is 2.